The number of carbonyl (C=O) groups excluding carboxylic acids is 1. The molecule has 1 aromatic carbocycles. The molecule has 17 heavy (non-hydrogen) atoms. The van der Waals surface area contributed by atoms with Gasteiger partial charge in [-0.25, -0.2) is 0 Å². The normalized spacial score (nSPS) is 11.6. The van der Waals surface area contributed by atoms with Crippen molar-refractivity contribution < 1.29 is 9.90 Å². The van der Waals surface area contributed by atoms with Crippen LogP contribution in [0, 0.1) is 6.92 Å². The smallest absolute Gasteiger partial charge is 0.158 e. The van der Waals surface area contributed by atoms with Crippen molar-refractivity contribution >= 4 is 11.9 Å². The molecule has 0 fully saturated rings. The number of allylic oxidation sites excluding steroid dienone is 1. The molecule has 0 atom stereocenters. The number of aryl methyl sites for hydroxylation is 1. The predicted octanol–water partition coefficient (Wildman–Crippen LogP) is 3.86. The molecule has 0 unspecified atom stereocenters. The molecule has 0 bridgehead atoms. The molecule has 0 amide bonds. The lowest BCUT2D eigenvalue weighted by molar-refractivity contribution is -0.115. The summed E-state index contributed by atoms with van der Waals surface area (Å²) in [5, 5.41) is 9.31. The van der Waals surface area contributed by atoms with E-state index in [1.54, 1.807) is 12.1 Å². The van der Waals surface area contributed by atoms with Gasteiger partial charge in [-0.15, -0.1) is 0 Å². The molecule has 2 heteroatoms. The molecule has 0 aromatic heterocycles. The van der Waals surface area contributed by atoms with E-state index in [4.69, 9.17) is 0 Å². The van der Waals surface area contributed by atoms with Gasteiger partial charge in [0.1, 0.15) is 5.75 Å². The monoisotopic (exact) mass is 232 g/mol. The van der Waals surface area contributed by atoms with E-state index >= 15 is 0 Å². The SMILES string of the molecule is CCCCC(=O)/C(C)=C/c1ccc(O)cc1C. The minimum absolute atomic E-state index is 0.208. The maximum Gasteiger partial charge on any atom is 0.158 e. The third kappa shape index (κ3) is 4.06. The first-order valence-corrected chi connectivity index (χ1v) is 6.05. The Labute approximate surface area is 103 Å². The van der Waals surface area contributed by atoms with E-state index in [1.165, 1.54) is 0 Å². The maximum absolute atomic E-state index is 11.8. The molecule has 0 heterocycles. The van der Waals surface area contributed by atoms with E-state index in [2.05, 4.69) is 6.92 Å². The maximum atomic E-state index is 11.8. The fraction of sp³-hybridized carbons (Fsp3) is 0.400. The number of aromatic hydroxyl groups is 1. The van der Waals surface area contributed by atoms with Gasteiger partial charge >= 0.3 is 0 Å². The first-order valence-electron chi connectivity index (χ1n) is 6.05. The average Bonchev–Trinajstić information content (AvgIpc) is 2.29. The molecule has 0 saturated heterocycles. The number of phenols is 1. The van der Waals surface area contributed by atoms with Crippen LogP contribution in [0.15, 0.2) is 23.8 Å². The predicted molar refractivity (Wildman–Crippen MR) is 71.0 cm³/mol. The fourth-order valence-electron chi connectivity index (χ4n) is 1.67. The second kappa shape index (κ2) is 6.24. The molecule has 0 saturated carbocycles. The Morgan fingerprint density at radius 2 is 2.12 bits per heavy atom. The molecule has 1 rings (SSSR count). The summed E-state index contributed by atoms with van der Waals surface area (Å²) in [6.45, 7) is 5.86. The third-order valence-corrected chi connectivity index (χ3v) is 2.82. The van der Waals surface area contributed by atoms with Gasteiger partial charge in [0, 0.05) is 6.42 Å². The van der Waals surface area contributed by atoms with E-state index in [9.17, 15) is 9.90 Å². The van der Waals surface area contributed by atoms with Gasteiger partial charge in [0.05, 0.1) is 0 Å². The molecule has 1 aromatic rings. The van der Waals surface area contributed by atoms with Crippen molar-refractivity contribution in [3.63, 3.8) is 0 Å². The van der Waals surface area contributed by atoms with E-state index in [0.717, 1.165) is 29.5 Å². The number of rotatable bonds is 5. The highest BCUT2D eigenvalue weighted by Crippen LogP contribution is 2.19. The Morgan fingerprint density at radius 1 is 1.41 bits per heavy atom. The first-order chi connectivity index (χ1) is 8.04. The van der Waals surface area contributed by atoms with Crippen LogP contribution in [0.3, 0.4) is 0 Å². The highest BCUT2D eigenvalue weighted by atomic mass is 16.3. The molecule has 1 N–H and O–H groups in total. The summed E-state index contributed by atoms with van der Waals surface area (Å²) in [5.41, 5.74) is 2.75. The molecule has 0 spiro atoms. The number of hydrogen-bond donors (Lipinski definition) is 1. The summed E-state index contributed by atoms with van der Waals surface area (Å²) in [5.74, 6) is 0.467. The summed E-state index contributed by atoms with van der Waals surface area (Å²) in [6.07, 6.45) is 4.50. The number of unbranched alkanes of at least 4 members (excludes halogenated alkanes) is 1. The van der Waals surface area contributed by atoms with Crippen molar-refractivity contribution in [3.05, 3.63) is 34.9 Å². The van der Waals surface area contributed by atoms with Crippen molar-refractivity contribution in [2.24, 2.45) is 0 Å². The summed E-state index contributed by atoms with van der Waals surface area (Å²) >= 11 is 0. The Hall–Kier alpha value is -1.57. The summed E-state index contributed by atoms with van der Waals surface area (Å²) in [7, 11) is 0. The average molecular weight is 232 g/mol. The highest BCUT2D eigenvalue weighted by Gasteiger charge is 2.05. The van der Waals surface area contributed by atoms with Gasteiger partial charge in [-0.2, -0.15) is 0 Å². The number of hydrogen-bond acceptors (Lipinski definition) is 2. The zero-order valence-electron chi connectivity index (χ0n) is 10.8. The minimum Gasteiger partial charge on any atom is -0.508 e. The van der Waals surface area contributed by atoms with Crippen LogP contribution in [-0.2, 0) is 4.79 Å². The molecular weight excluding hydrogens is 212 g/mol. The summed E-state index contributed by atoms with van der Waals surface area (Å²) < 4.78 is 0. The molecule has 92 valence electrons. The zero-order valence-corrected chi connectivity index (χ0v) is 10.8. The lowest BCUT2D eigenvalue weighted by Gasteiger charge is -2.04. The van der Waals surface area contributed by atoms with Crippen molar-refractivity contribution in [2.45, 2.75) is 40.0 Å². The summed E-state index contributed by atoms with van der Waals surface area (Å²) in [4.78, 5) is 11.8. The second-order valence-electron chi connectivity index (χ2n) is 4.39. The van der Waals surface area contributed by atoms with Crippen LogP contribution in [-0.4, -0.2) is 10.9 Å². The van der Waals surface area contributed by atoms with Gasteiger partial charge in [0.25, 0.3) is 0 Å². The Morgan fingerprint density at radius 3 is 2.71 bits per heavy atom. The fourth-order valence-corrected chi connectivity index (χ4v) is 1.67. The number of benzene rings is 1. The van der Waals surface area contributed by atoms with Crippen LogP contribution in [0.4, 0.5) is 0 Å². The molecule has 0 radical (unpaired) electrons. The molecule has 0 aliphatic carbocycles. The standard InChI is InChI=1S/C15H20O2/c1-4-5-6-15(17)12(3)9-13-7-8-14(16)10-11(13)2/h7-10,16H,4-6H2,1-3H3/b12-9+. The van der Waals surface area contributed by atoms with Gasteiger partial charge in [-0.1, -0.05) is 19.4 Å². The van der Waals surface area contributed by atoms with Crippen LogP contribution < -0.4 is 0 Å². The topological polar surface area (TPSA) is 37.3 Å². The van der Waals surface area contributed by atoms with E-state index < -0.39 is 0 Å². The number of carbonyl (C=O) groups is 1. The minimum atomic E-state index is 0.208. The number of Topliss-reactive ketones (excluding diaryl/α,β-unsaturated/α-hetero) is 1. The molecule has 2 nitrogen and oxygen atoms in total. The Kier molecular flexibility index (Phi) is 4.95. The largest absolute Gasteiger partial charge is 0.508 e. The zero-order chi connectivity index (χ0) is 12.8. The molecule has 0 aliphatic heterocycles. The van der Waals surface area contributed by atoms with E-state index in [1.807, 2.05) is 26.0 Å². The lowest BCUT2D eigenvalue weighted by Crippen LogP contribution is -1.99. The van der Waals surface area contributed by atoms with Crippen LogP contribution in [0.5, 0.6) is 5.75 Å². The number of ketones is 1. The van der Waals surface area contributed by atoms with Gasteiger partial charge in [0.15, 0.2) is 5.78 Å². The Balaban J connectivity index is 2.83. The van der Waals surface area contributed by atoms with E-state index in [-0.39, 0.29) is 11.5 Å². The summed E-state index contributed by atoms with van der Waals surface area (Å²) in [6, 6.07) is 5.18. The van der Waals surface area contributed by atoms with Crippen molar-refractivity contribution in [2.75, 3.05) is 0 Å². The third-order valence-electron chi connectivity index (χ3n) is 2.82. The van der Waals surface area contributed by atoms with Gasteiger partial charge < -0.3 is 5.11 Å². The van der Waals surface area contributed by atoms with Crippen molar-refractivity contribution in [1.82, 2.24) is 0 Å². The van der Waals surface area contributed by atoms with Gasteiger partial charge in [-0.3, -0.25) is 4.79 Å². The van der Waals surface area contributed by atoms with Crippen LogP contribution in [0.1, 0.15) is 44.2 Å². The first kappa shape index (κ1) is 13.5. The molecule has 0 aliphatic rings. The quantitative estimate of drug-likeness (QED) is 0.783. The number of phenolic OH excluding ortho intramolecular Hbond substituents is 1. The van der Waals surface area contributed by atoms with Crippen LogP contribution in [0.25, 0.3) is 6.08 Å². The second-order valence-corrected chi connectivity index (χ2v) is 4.39. The van der Waals surface area contributed by atoms with E-state index in [0.29, 0.717) is 6.42 Å². The van der Waals surface area contributed by atoms with Crippen LogP contribution in [0.2, 0.25) is 0 Å². The highest BCUT2D eigenvalue weighted by molar-refractivity contribution is 5.99. The lowest BCUT2D eigenvalue weighted by atomic mass is 10.0. The van der Waals surface area contributed by atoms with Gasteiger partial charge in [-0.05, 0) is 55.2 Å². The van der Waals surface area contributed by atoms with Crippen molar-refractivity contribution in [1.29, 1.82) is 0 Å². The van der Waals surface area contributed by atoms with Crippen LogP contribution >= 0.6 is 0 Å². The van der Waals surface area contributed by atoms with Crippen molar-refractivity contribution in [3.8, 4) is 5.75 Å². The molecular formula is C15H20O2. The van der Waals surface area contributed by atoms with Gasteiger partial charge in [0.2, 0.25) is 0 Å². The Bertz CT molecular complexity index is 431.